The standard InChI is InChI=1S/C36H30Si2/c1-6-16-30(17-7-1)37(31-18-8-2-9-19-31)32-26-28-36(29-27-32)38(33-20-10-3-11-21-33,34-22-12-4-13-23-34)35-24-14-5-15-25-35/h1-29,37H. The van der Waals surface area contributed by atoms with Crippen LogP contribution < -0.4 is 36.3 Å². The summed E-state index contributed by atoms with van der Waals surface area (Å²) in [6, 6.07) is 65.2. The zero-order chi connectivity index (χ0) is 25.6. The van der Waals surface area contributed by atoms with Crippen LogP contribution in [0.3, 0.4) is 0 Å². The first-order chi connectivity index (χ1) is 18.9. The van der Waals surface area contributed by atoms with Gasteiger partial charge in [0, 0.05) is 0 Å². The third kappa shape index (κ3) is 4.49. The van der Waals surface area contributed by atoms with Crippen molar-refractivity contribution in [2.45, 2.75) is 0 Å². The molecule has 0 aliphatic heterocycles. The van der Waals surface area contributed by atoms with Gasteiger partial charge in [-0.25, -0.2) is 0 Å². The molecule has 0 unspecified atom stereocenters. The second-order valence-corrected chi connectivity index (χ2v) is 16.4. The van der Waals surface area contributed by atoms with E-state index in [0.717, 1.165) is 0 Å². The fourth-order valence-corrected chi connectivity index (χ4v) is 13.5. The fourth-order valence-electron chi connectivity index (χ4n) is 5.86. The molecule has 6 rings (SSSR count). The molecule has 6 aromatic carbocycles. The maximum atomic E-state index is 2.43. The van der Waals surface area contributed by atoms with E-state index >= 15 is 0 Å². The lowest BCUT2D eigenvalue weighted by molar-refractivity contribution is 1.67. The summed E-state index contributed by atoms with van der Waals surface area (Å²) in [5.41, 5.74) is 0. The summed E-state index contributed by atoms with van der Waals surface area (Å²) in [5.74, 6) is 0. The highest BCUT2D eigenvalue weighted by atomic mass is 28.3. The Labute approximate surface area is 228 Å². The molecular formula is C36H30Si2. The average Bonchev–Trinajstić information content (AvgIpc) is 3.01. The van der Waals surface area contributed by atoms with Crippen molar-refractivity contribution in [3.8, 4) is 0 Å². The molecule has 0 aliphatic carbocycles. The van der Waals surface area contributed by atoms with Gasteiger partial charge in [-0.1, -0.05) is 191 Å². The van der Waals surface area contributed by atoms with E-state index in [2.05, 4.69) is 176 Å². The van der Waals surface area contributed by atoms with Gasteiger partial charge in [0.1, 0.15) is 8.80 Å². The van der Waals surface area contributed by atoms with Gasteiger partial charge in [-0.3, -0.25) is 0 Å². The highest BCUT2D eigenvalue weighted by Crippen LogP contribution is 2.09. The summed E-state index contributed by atoms with van der Waals surface area (Å²) in [5, 5.41) is 9.98. The first-order valence-electron chi connectivity index (χ1n) is 13.2. The second-order valence-electron chi connectivity index (χ2n) is 9.72. The maximum Gasteiger partial charge on any atom is 0.179 e. The van der Waals surface area contributed by atoms with Gasteiger partial charge < -0.3 is 0 Å². The summed E-state index contributed by atoms with van der Waals surface area (Å²) in [7, 11) is -4.09. The Morgan fingerprint density at radius 1 is 0.263 bits per heavy atom. The zero-order valence-corrected chi connectivity index (χ0v) is 23.5. The van der Waals surface area contributed by atoms with Crippen LogP contribution in [-0.2, 0) is 0 Å². The van der Waals surface area contributed by atoms with Crippen LogP contribution >= 0.6 is 0 Å². The number of hydrogen-bond donors (Lipinski definition) is 0. The second kappa shape index (κ2) is 11.0. The molecule has 0 radical (unpaired) electrons. The third-order valence-corrected chi connectivity index (χ3v) is 15.5. The van der Waals surface area contributed by atoms with E-state index in [-0.39, 0.29) is 0 Å². The SMILES string of the molecule is c1ccc([SiH](c2ccccc2)c2ccc([Si](c3ccccc3)(c3ccccc3)c3ccccc3)cc2)cc1. The quantitative estimate of drug-likeness (QED) is 0.225. The van der Waals surface area contributed by atoms with Crippen LogP contribution in [0.2, 0.25) is 0 Å². The van der Waals surface area contributed by atoms with Crippen molar-refractivity contribution in [1.29, 1.82) is 0 Å². The van der Waals surface area contributed by atoms with Gasteiger partial charge in [-0.15, -0.1) is 0 Å². The minimum absolute atomic E-state index is 1.41. The molecule has 6 aromatic rings. The molecule has 182 valence electrons. The van der Waals surface area contributed by atoms with Crippen molar-refractivity contribution in [2.75, 3.05) is 0 Å². The van der Waals surface area contributed by atoms with Crippen molar-refractivity contribution >= 4 is 53.2 Å². The maximum absolute atomic E-state index is 2.50. The first kappa shape index (κ1) is 24.1. The average molecular weight is 519 g/mol. The van der Waals surface area contributed by atoms with Gasteiger partial charge in [0.15, 0.2) is 8.07 Å². The molecule has 0 saturated carbocycles. The molecule has 0 bridgehead atoms. The van der Waals surface area contributed by atoms with Gasteiger partial charge in [-0.2, -0.15) is 0 Å². The predicted molar refractivity (Wildman–Crippen MR) is 169 cm³/mol. The smallest absolute Gasteiger partial charge is 0.0626 e. The lowest BCUT2D eigenvalue weighted by Gasteiger charge is -2.34. The lowest BCUT2D eigenvalue weighted by Crippen LogP contribution is -2.74. The zero-order valence-electron chi connectivity index (χ0n) is 21.3. The number of benzene rings is 6. The molecule has 0 aliphatic rings. The number of rotatable bonds is 7. The molecule has 0 fully saturated rings. The predicted octanol–water partition coefficient (Wildman–Crippen LogP) is 3.31. The Balaban J connectivity index is 1.56. The Bertz CT molecular complexity index is 1430. The molecule has 0 N–H and O–H groups in total. The highest BCUT2D eigenvalue weighted by molar-refractivity contribution is 7.20. The van der Waals surface area contributed by atoms with Gasteiger partial charge in [0.25, 0.3) is 0 Å². The van der Waals surface area contributed by atoms with Crippen molar-refractivity contribution < 1.29 is 0 Å². The van der Waals surface area contributed by atoms with Crippen LogP contribution in [0.4, 0.5) is 0 Å². The molecule has 38 heavy (non-hydrogen) atoms. The van der Waals surface area contributed by atoms with E-state index < -0.39 is 16.9 Å². The van der Waals surface area contributed by atoms with Gasteiger partial charge in [-0.05, 0) is 20.7 Å². The Morgan fingerprint density at radius 2 is 0.526 bits per heavy atom. The molecule has 0 spiro atoms. The molecule has 0 aromatic heterocycles. The molecule has 2 heteroatoms. The first-order valence-corrected chi connectivity index (χ1v) is 17.0. The highest BCUT2D eigenvalue weighted by Gasteiger charge is 2.41. The number of hydrogen-bond acceptors (Lipinski definition) is 0. The van der Waals surface area contributed by atoms with Crippen molar-refractivity contribution in [3.05, 3.63) is 176 Å². The summed E-state index contributed by atoms with van der Waals surface area (Å²) in [6.07, 6.45) is 0. The normalized spacial score (nSPS) is 11.4. The molecule has 0 nitrogen and oxygen atoms in total. The third-order valence-electron chi connectivity index (χ3n) is 7.56. The Kier molecular flexibility index (Phi) is 6.99. The van der Waals surface area contributed by atoms with Crippen LogP contribution in [0.1, 0.15) is 0 Å². The molecule has 0 amide bonds. The fraction of sp³-hybridized carbons (Fsp3) is 0. The van der Waals surface area contributed by atoms with Gasteiger partial charge in [0.05, 0.1) is 0 Å². The monoisotopic (exact) mass is 518 g/mol. The lowest BCUT2D eigenvalue weighted by atomic mass is 10.3. The van der Waals surface area contributed by atoms with Crippen LogP contribution in [-0.4, -0.2) is 16.9 Å². The van der Waals surface area contributed by atoms with E-state index in [9.17, 15) is 0 Å². The Morgan fingerprint density at radius 3 is 0.868 bits per heavy atom. The minimum atomic E-state index is -2.50. The van der Waals surface area contributed by atoms with Crippen LogP contribution in [0, 0.1) is 0 Å². The molecular weight excluding hydrogens is 489 g/mol. The van der Waals surface area contributed by atoms with E-state index in [4.69, 9.17) is 0 Å². The summed E-state index contributed by atoms with van der Waals surface area (Å²) in [4.78, 5) is 0. The van der Waals surface area contributed by atoms with E-state index in [1.165, 1.54) is 36.3 Å². The van der Waals surface area contributed by atoms with Crippen LogP contribution in [0.5, 0.6) is 0 Å². The van der Waals surface area contributed by atoms with Crippen molar-refractivity contribution in [2.24, 2.45) is 0 Å². The van der Waals surface area contributed by atoms with Crippen LogP contribution in [0.25, 0.3) is 0 Å². The summed E-state index contributed by atoms with van der Waals surface area (Å²) < 4.78 is 0. The van der Waals surface area contributed by atoms with E-state index in [1.807, 2.05) is 0 Å². The largest absolute Gasteiger partial charge is 0.179 e. The molecule has 0 atom stereocenters. The van der Waals surface area contributed by atoms with Crippen molar-refractivity contribution in [1.82, 2.24) is 0 Å². The van der Waals surface area contributed by atoms with Crippen LogP contribution in [0.15, 0.2) is 176 Å². The summed E-state index contributed by atoms with van der Waals surface area (Å²) in [6.45, 7) is 0. The summed E-state index contributed by atoms with van der Waals surface area (Å²) >= 11 is 0. The van der Waals surface area contributed by atoms with Gasteiger partial charge >= 0.3 is 0 Å². The molecule has 0 heterocycles. The molecule has 0 saturated heterocycles. The van der Waals surface area contributed by atoms with Crippen molar-refractivity contribution in [3.63, 3.8) is 0 Å². The van der Waals surface area contributed by atoms with E-state index in [0.29, 0.717) is 0 Å². The Hall–Kier alpha value is -4.25. The van der Waals surface area contributed by atoms with E-state index in [1.54, 1.807) is 0 Å². The topological polar surface area (TPSA) is 0 Å². The minimum Gasteiger partial charge on any atom is -0.0626 e. The van der Waals surface area contributed by atoms with Gasteiger partial charge in [0.2, 0.25) is 0 Å².